The van der Waals surface area contributed by atoms with Gasteiger partial charge in [0, 0.05) is 23.4 Å². The van der Waals surface area contributed by atoms with E-state index in [4.69, 9.17) is 10.3 Å². The highest BCUT2D eigenvalue weighted by Gasteiger charge is 2.21. The van der Waals surface area contributed by atoms with Crippen molar-refractivity contribution in [1.82, 2.24) is 10.1 Å². The van der Waals surface area contributed by atoms with Crippen LogP contribution < -0.4 is 11.1 Å². The fraction of sp³-hybridized carbons (Fsp3) is 0.238. The molecule has 1 aromatic carbocycles. The average molecular weight is 405 g/mol. The number of fused-ring (bicyclic) bond motifs is 1. The lowest BCUT2D eigenvalue weighted by atomic mass is 9.97. The SMILES string of the molecule is N#Cc1cc(C(=O)Nc2ccccc2)c(N)nc1SCc1noc2c1CCCC2. The molecule has 2 aromatic heterocycles. The summed E-state index contributed by atoms with van der Waals surface area (Å²) in [6.45, 7) is 0. The van der Waals surface area contributed by atoms with E-state index in [9.17, 15) is 10.1 Å². The van der Waals surface area contributed by atoms with Crippen LogP contribution in [-0.4, -0.2) is 16.0 Å². The van der Waals surface area contributed by atoms with Gasteiger partial charge in [0.25, 0.3) is 5.91 Å². The van der Waals surface area contributed by atoms with Gasteiger partial charge in [-0.1, -0.05) is 35.1 Å². The number of para-hydroxylation sites is 1. The molecular formula is C21H19N5O2S. The molecule has 1 amide bonds. The predicted octanol–water partition coefficient (Wildman–Crippen LogP) is 3.95. The Kier molecular flexibility index (Phi) is 5.49. The number of hydrogen-bond acceptors (Lipinski definition) is 7. The fourth-order valence-corrected chi connectivity index (χ4v) is 4.22. The summed E-state index contributed by atoms with van der Waals surface area (Å²) in [5.74, 6) is 1.19. The minimum absolute atomic E-state index is 0.0853. The van der Waals surface area contributed by atoms with Gasteiger partial charge in [0.15, 0.2) is 0 Å². The Balaban J connectivity index is 1.53. The van der Waals surface area contributed by atoms with Gasteiger partial charge in [-0.3, -0.25) is 4.79 Å². The van der Waals surface area contributed by atoms with Crippen LogP contribution in [0.5, 0.6) is 0 Å². The van der Waals surface area contributed by atoms with Gasteiger partial charge in [0.2, 0.25) is 0 Å². The molecule has 0 radical (unpaired) electrons. The van der Waals surface area contributed by atoms with Crippen LogP contribution in [0.25, 0.3) is 0 Å². The third-order valence-electron chi connectivity index (χ3n) is 4.79. The minimum atomic E-state index is -0.403. The second-order valence-corrected chi connectivity index (χ2v) is 7.70. The van der Waals surface area contributed by atoms with Crippen LogP contribution >= 0.6 is 11.8 Å². The summed E-state index contributed by atoms with van der Waals surface area (Å²) < 4.78 is 5.44. The number of nitriles is 1. The maximum Gasteiger partial charge on any atom is 0.259 e. The number of amides is 1. The second-order valence-electron chi connectivity index (χ2n) is 6.73. The van der Waals surface area contributed by atoms with Crippen molar-refractivity contribution >= 4 is 29.2 Å². The van der Waals surface area contributed by atoms with Crippen molar-refractivity contribution in [3.8, 4) is 6.07 Å². The van der Waals surface area contributed by atoms with E-state index < -0.39 is 5.91 Å². The van der Waals surface area contributed by atoms with E-state index in [2.05, 4.69) is 21.5 Å². The van der Waals surface area contributed by atoms with Crippen molar-refractivity contribution < 1.29 is 9.32 Å². The minimum Gasteiger partial charge on any atom is -0.383 e. The first-order valence-corrected chi connectivity index (χ1v) is 10.3. The average Bonchev–Trinajstić information content (AvgIpc) is 3.16. The molecule has 0 aliphatic heterocycles. The molecule has 3 N–H and O–H groups in total. The molecule has 146 valence electrons. The second kappa shape index (κ2) is 8.37. The Hall–Kier alpha value is -3.31. The van der Waals surface area contributed by atoms with Crippen molar-refractivity contribution in [2.24, 2.45) is 0 Å². The first-order chi connectivity index (χ1) is 14.2. The van der Waals surface area contributed by atoms with E-state index in [1.807, 2.05) is 18.2 Å². The van der Waals surface area contributed by atoms with Gasteiger partial charge < -0.3 is 15.6 Å². The maximum absolute atomic E-state index is 12.5. The fourth-order valence-electron chi connectivity index (χ4n) is 3.30. The lowest BCUT2D eigenvalue weighted by molar-refractivity contribution is 0.102. The molecular weight excluding hydrogens is 386 g/mol. The van der Waals surface area contributed by atoms with Crippen molar-refractivity contribution in [1.29, 1.82) is 5.26 Å². The lowest BCUT2D eigenvalue weighted by Gasteiger charge is -2.11. The van der Waals surface area contributed by atoms with E-state index in [-0.39, 0.29) is 11.4 Å². The Morgan fingerprint density at radius 1 is 1.28 bits per heavy atom. The van der Waals surface area contributed by atoms with Crippen molar-refractivity contribution in [2.45, 2.75) is 36.5 Å². The third kappa shape index (κ3) is 4.10. The van der Waals surface area contributed by atoms with Crippen LogP contribution in [0.3, 0.4) is 0 Å². The van der Waals surface area contributed by atoms with E-state index in [0.717, 1.165) is 37.1 Å². The molecule has 1 aliphatic carbocycles. The zero-order valence-corrected chi connectivity index (χ0v) is 16.5. The number of thioether (sulfide) groups is 1. The Morgan fingerprint density at radius 3 is 2.86 bits per heavy atom. The molecule has 29 heavy (non-hydrogen) atoms. The monoisotopic (exact) mass is 405 g/mol. The van der Waals surface area contributed by atoms with E-state index in [0.29, 0.717) is 22.0 Å². The Morgan fingerprint density at radius 2 is 2.07 bits per heavy atom. The summed E-state index contributed by atoms with van der Waals surface area (Å²) in [5, 5.41) is 17.0. The van der Waals surface area contributed by atoms with Crippen LogP contribution in [0.2, 0.25) is 0 Å². The molecule has 0 bridgehead atoms. The number of carbonyl (C=O) groups is 1. The lowest BCUT2D eigenvalue weighted by Crippen LogP contribution is -2.15. The highest BCUT2D eigenvalue weighted by Crippen LogP contribution is 2.31. The molecule has 3 aromatic rings. The van der Waals surface area contributed by atoms with Crippen molar-refractivity contribution in [3.63, 3.8) is 0 Å². The van der Waals surface area contributed by atoms with Gasteiger partial charge in [-0.05, 0) is 37.5 Å². The molecule has 7 nitrogen and oxygen atoms in total. The number of anilines is 2. The summed E-state index contributed by atoms with van der Waals surface area (Å²) in [7, 11) is 0. The molecule has 1 aliphatic rings. The topological polar surface area (TPSA) is 118 Å². The smallest absolute Gasteiger partial charge is 0.259 e. The van der Waals surface area contributed by atoms with Gasteiger partial charge in [-0.15, -0.1) is 0 Å². The number of nitrogens with two attached hydrogens (primary N) is 1. The number of aryl methyl sites for hydroxylation is 1. The molecule has 0 spiro atoms. The van der Waals surface area contributed by atoms with Gasteiger partial charge in [-0.2, -0.15) is 5.26 Å². The zero-order valence-electron chi connectivity index (χ0n) is 15.6. The largest absolute Gasteiger partial charge is 0.383 e. The van der Waals surface area contributed by atoms with Crippen molar-refractivity contribution in [2.75, 3.05) is 11.1 Å². The number of pyridine rings is 1. The molecule has 4 rings (SSSR count). The molecule has 0 atom stereocenters. The molecule has 2 heterocycles. The highest BCUT2D eigenvalue weighted by atomic mass is 32.2. The van der Waals surface area contributed by atoms with Crippen LogP contribution in [0.1, 0.15) is 45.8 Å². The first-order valence-electron chi connectivity index (χ1n) is 9.32. The van der Waals surface area contributed by atoms with E-state index in [1.54, 1.807) is 12.1 Å². The number of hydrogen-bond donors (Lipinski definition) is 2. The van der Waals surface area contributed by atoms with E-state index in [1.165, 1.54) is 23.4 Å². The highest BCUT2D eigenvalue weighted by molar-refractivity contribution is 7.98. The summed E-state index contributed by atoms with van der Waals surface area (Å²) in [6, 6.07) is 12.6. The van der Waals surface area contributed by atoms with Gasteiger partial charge >= 0.3 is 0 Å². The number of benzene rings is 1. The maximum atomic E-state index is 12.5. The Labute approximate surface area is 172 Å². The van der Waals surface area contributed by atoms with Crippen molar-refractivity contribution in [3.05, 3.63) is 64.5 Å². The van der Waals surface area contributed by atoms with Crippen LogP contribution in [0.4, 0.5) is 11.5 Å². The van der Waals surface area contributed by atoms with Gasteiger partial charge in [-0.25, -0.2) is 4.98 Å². The quantitative estimate of drug-likeness (QED) is 0.617. The molecule has 8 heteroatoms. The first kappa shape index (κ1) is 19.0. The van der Waals surface area contributed by atoms with Crippen LogP contribution in [0, 0.1) is 11.3 Å². The Bertz CT molecular complexity index is 1090. The summed E-state index contributed by atoms with van der Waals surface area (Å²) >= 11 is 1.37. The van der Waals surface area contributed by atoms with E-state index >= 15 is 0 Å². The number of nitrogen functional groups attached to an aromatic ring is 1. The number of nitrogens with one attached hydrogen (secondary N) is 1. The van der Waals surface area contributed by atoms with Crippen LogP contribution in [0.15, 0.2) is 45.9 Å². The molecule has 0 fully saturated rings. The number of rotatable bonds is 5. The third-order valence-corrected chi connectivity index (χ3v) is 5.79. The zero-order chi connectivity index (χ0) is 20.2. The van der Waals surface area contributed by atoms with Gasteiger partial charge in [0.1, 0.15) is 22.7 Å². The molecule has 0 unspecified atom stereocenters. The predicted molar refractivity (Wildman–Crippen MR) is 110 cm³/mol. The number of aromatic nitrogens is 2. The summed E-state index contributed by atoms with van der Waals surface area (Å²) in [4.78, 5) is 16.9. The summed E-state index contributed by atoms with van der Waals surface area (Å²) in [5.41, 5.74) is 9.22. The van der Waals surface area contributed by atoms with Crippen LogP contribution in [-0.2, 0) is 18.6 Å². The molecule has 0 saturated carbocycles. The van der Waals surface area contributed by atoms with Gasteiger partial charge in [0.05, 0.1) is 16.8 Å². The molecule has 0 saturated heterocycles. The summed E-state index contributed by atoms with van der Waals surface area (Å²) in [6.07, 6.45) is 4.14. The standard InChI is InChI=1S/C21H19N5O2S/c22-11-13-10-16(20(27)24-14-6-2-1-3-7-14)19(23)25-21(13)29-12-17-15-8-4-5-9-18(15)28-26-17/h1-3,6-7,10H,4-5,8-9,12H2,(H2,23,25)(H,24,27). The number of nitrogens with zero attached hydrogens (tertiary/aromatic N) is 3. The number of carbonyl (C=O) groups excluding carboxylic acids is 1. The normalized spacial score (nSPS) is 12.8.